The molecule has 0 saturated heterocycles. The van der Waals surface area contributed by atoms with Crippen molar-refractivity contribution in [2.24, 2.45) is 0 Å². The van der Waals surface area contributed by atoms with Crippen LogP contribution in [-0.2, 0) is 11.2 Å². The van der Waals surface area contributed by atoms with Crippen molar-refractivity contribution in [1.82, 2.24) is 9.80 Å². The van der Waals surface area contributed by atoms with Crippen molar-refractivity contribution >= 4 is 5.97 Å². The summed E-state index contributed by atoms with van der Waals surface area (Å²) in [7, 11) is 4.34. The van der Waals surface area contributed by atoms with E-state index < -0.39 is 11.9 Å². The van der Waals surface area contributed by atoms with E-state index in [0.29, 0.717) is 11.5 Å². The smallest absolute Gasteiger partial charge is 0.315 e. The van der Waals surface area contributed by atoms with Gasteiger partial charge >= 0.3 is 5.97 Å². The van der Waals surface area contributed by atoms with Gasteiger partial charge in [-0.3, -0.25) is 4.79 Å². The van der Waals surface area contributed by atoms with Crippen LogP contribution in [0.2, 0.25) is 0 Å². The van der Waals surface area contributed by atoms with E-state index in [2.05, 4.69) is 30.8 Å². The summed E-state index contributed by atoms with van der Waals surface area (Å²) in [6.45, 7) is 6.57. The van der Waals surface area contributed by atoms with Crippen molar-refractivity contribution in [2.75, 3.05) is 40.3 Å². The number of aliphatic carboxylic acids is 1. The molecule has 5 heteroatoms. The van der Waals surface area contributed by atoms with Gasteiger partial charge in [-0.1, -0.05) is 37.3 Å². The van der Waals surface area contributed by atoms with Gasteiger partial charge in [0.05, 0.1) is 0 Å². The summed E-state index contributed by atoms with van der Waals surface area (Å²) in [6, 6.07) is 13.4. The zero-order chi connectivity index (χ0) is 20.8. The van der Waals surface area contributed by atoms with E-state index in [-0.39, 0.29) is 0 Å². The SMILES string of the molecule is CCN(C)CCCN(C)CCCc1ccc2c(c1)Oc1ccccc1C2C(=O)O. The molecule has 0 aliphatic carbocycles. The monoisotopic (exact) mass is 396 g/mol. The number of benzene rings is 2. The number of carboxylic acids is 1. The number of aryl methyl sites for hydroxylation is 1. The number of fused-ring (bicyclic) bond motifs is 2. The first-order chi connectivity index (χ1) is 14.0. The van der Waals surface area contributed by atoms with Gasteiger partial charge in [-0.05, 0) is 77.2 Å². The third-order valence-corrected chi connectivity index (χ3v) is 5.71. The molecule has 2 aromatic carbocycles. The number of carboxylic acid groups (broad SMARTS) is 1. The predicted molar refractivity (Wildman–Crippen MR) is 116 cm³/mol. The fourth-order valence-electron chi connectivity index (χ4n) is 3.86. The van der Waals surface area contributed by atoms with Crippen LogP contribution in [0.4, 0.5) is 0 Å². The molecule has 1 aliphatic rings. The molecule has 0 aromatic heterocycles. The molecule has 0 fully saturated rings. The van der Waals surface area contributed by atoms with Gasteiger partial charge < -0.3 is 19.6 Å². The first-order valence-electron chi connectivity index (χ1n) is 10.5. The average Bonchev–Trinajstić information content (AvgIpc) is 2.71. The summed E-state index contributed by atoms with van der Waals surface area (Å²) in [6.07, 6.45) is 3.20. The van der Waals surface area contributed by atoms with Crippen LogP contribution in [0.25, 0.3) is 0 Å². The molecule has 3 rings (SSSR count). The third kappa shape index (κ3) is 5.37. The highest BCUT2D eigenvalue weighted by molar-refractivity contribution is 5.83. The first-order valence-corrected chi connectivity index (χ1v) is 10.5. The quantitative estimate of drug-likeness (QED) is 0.652. The highest BCUT2D eigenvalue weighted by atomic mass is 16.5. The maximum Gasteiger partial charge on any atom is 0.315 e. The van der Waals surface area contributed by atoms with Gasteiger partial charge in [0.1, 0.15) is 17.4 Å². The number of nitrogens with zero attached hydrogens (tertiary/aromatic N) is 2. The highest BCUT2D eigenvalue weighted by Crippen LogP contribution is 2.44. The molecule has 0 bridgehead atoms. The molecule has 1 atom stereocenters. The Hall–Kier alpha value is -2.37. The van der Waals surface area contributed by atoms with Gasteiger partial charge in [0.2, 0.25) is 0 Å². The zero-order valence-electron chi connectivity index (χ0n) is 17.7. The molecule has 0 radical (unpaired) electrons. The van der Waals surface area contributed by atoms with E-state index in [9.17, 15) is 9.90 Å². The van der Waals surface area contributed by atoms with Crippen LogP contribution in [0.3, 0.4) is 0 Å². The Balaban J connectivity index is 1.58. The minimum atomic E-state index is -0.843. The van der Waals surface area contributed by atoms with Gasteiger partial charge in [-0.2, -0.15) is 0 Å². The normalized spacial score (nSPS) is 15.1. The van der Waals surface area contributed by atoms with Crippen molar-refractivity contribution < 1.29 is 14.6 Å². The molecule has 2 aromatic rings. The molecule has 1 unspecified atom stereocenters. The second-order valence-electron chi connectivity index (χ2n) is 7.94. The molecule has 0 amide bonds. The number of hydrogen-bond acceptors (Lipinski definition) is 4. The summed E-state index contributed by atoms with van der Waals surface area (Å²) in [5, 5.41) is 9.76. The standard InChI is InChI=1S/C24H32N2O3/c1-4-25(2)15-8-16-26(3)14-7-9-18-12-13-20-22(17-18)29-21-11-6-5-10-19(21)23(20)24(27)28/h5-6,10-13,17,23H,4,7-9,14-16H2,1-3H3,(H,27,28). The predicted octanol–water partition coefficient (Wildman–Crippen LogP) is 4.22. The highest BCUT2D eigenvalue weighted by Gasteiger charge is 2.32. The van der Waals surface area contributed by atoms with Crippen molar-refractivity contribution in [1.29, 1.82) is 0 Å². The number of carbonyl (C=O) groups is 1. The second kappa shape index (κ2) is 9.90. The Morgan fingerprint density at radius 3 is 2.41 bits per heavy atom. The molecule has 156 valence electrons. The van der Waals surface area contributed by atoms with Crippen LogP contribution in [0.1, 0.15) is 42.4 Å². The van der Waals surface area contributed by atoms with E-state index in [1.807, 2.05) is 42.5 Å². The number of rotatable bonds is 10. The van der Waals surface area contributed by atoms with Crippen LogP contribution in [0.15, 0.2) is 42.5 Å². The molecule has 0 spiro atoms. The van der Waals surface area contributed by atoms with Gasteiger partial charge in [-0.15, -0.1) is 0 Å². The number of hydrogen-bond donors (Lipinski definition) is 1. The lowest BCUT2D eigenvalue weighted by Gasteiger charge is -2.26. The van der Waals surface area contributed by atoms with Crippen molar-refractivity contribution in [2.45, 2.75) is 32.1 Å². The fourth-order valence-corrected chi connectivity index (χ4v) is 3.86. The average molecular weight is 397 g/mol. The lowest BCUT2D eigenvalue weighted by molar-refractivity contribution is -0.137. The summed E-state index contributed by atoms with van der Waals surface area (Å²) in [5.74, 6) is -0.202. The van der Waals surface area contributed by atoms with Crippen LogP contribution < -0.4 is 4.74 Å². The van der Waals surface area contributed by atoms with Gasteiger partial charge in [0.25, 0.3) is 0 Å². The lowest BCUT2D eigenvalue weighted by atomic mass is 9.87. The maximum atomic E-state index is 11.9. The minimum absolute atomic E-state index is 0.640. The summed E-state index contributed by atoms with van der Waals surface area (Å²) in [5.41, 5.74) is 2.64. The molecule has 1 heterocycles. The molecule has 1 N–H and O–H groups in total. The third-order valence-electron chi connectivity index (χ3n) is 5.71. The van der Waals surface area contributed by atoms with Crippen molar-refractivity contribution in [3.63, 3.8) is 0 Å². The Labute approximate surface area is 173 Å². The Kier molecular flexibility index (Phi) is 7.29. The van der Waals surface area contributed by atoms with Crippen molar-refractivity contribution in [3.05, 3.63) is 59.2 Å². The van der Waals surface area contributed by atoms with E-state index in [1.165, 1.54) is 12.0 Å². The fraction of sp³-hybridized carbons (Fsp3) is 0.458. The molecule has 1 aliphatic heterocycles. The van der Waals surface area contributed by atoms with Gasteiger partial charge in [-0.25, -0.2) is 0 Å². The zero-order valence-corrected chi connectivity index (χ0v) is 17.7. The molecular weight excluding hydrogens is 364 g/mol. The Bertz CT molecular complexity index is 837. The maximum absolute atomic E-state index is 11.9. The van der Waals surface area contributed by atoms with E-state index in [1.54, 1.807) is 0 Å². The largest absolute Gasteiger partial charge is 0.481 e. The Morgan fingerprint density at radius 1 is 0.966 bits per heavy atom. The number of para-hydroxylation sites is 1. The van der Waals surface area contributed by atoms with Crippen LogP contribution in [-0.4, -0.2) is 61.2 Å². The molecule has 0 saturated carbocycles. The van der Waals surface area contributed by atoms with Crippen molar-refractivity contribution in [3.8, 4) is 11.5 Å². The van der Waals surface area contributed by atoms with Crippen LogP contribution in [0.5, 0.6) is 11.5 Å². The number of ether oxygens (including phenoxy) is 1. The first kappa shape index (κ1) is 21.3. The minimum Gasteiger partial charge on any atom is -0.481 e. The molecule has 29 heavy (non-hydrogen) atoms. The van der Waals surface area contributed by atoms with E-state index in [4.69, 9.17) is 4.74 Å². The summed E-state index contributed by atoms with van der Waals surface area (Å²) < 4.78 is 6.03. The Morgan fingerprint density at radius 2 is 1.66 bits per heavy atom. The van der Waals surface area contributed by atoms with Crippen LogP contribution in [0, 0.1) is 0 Å². The molecular formula is C24H32N2O3. The lowest BCUT2D eigenvalue weighted by Crippen LogP contribution is -2.26. The van der Waals surface area contributed by atoms with Crippen LogP contribution >= 0.6 is 0 Å². The summed E-state index contributed by atoms with van der Waals surface area (Å²) in [4.78, 5) is 16.6. The topological polar surface area (TPSA) is 53.0 Å². The van der Waals surface area contributed by atoms with Gasteiger partial charge in [0, 0.05) is 11.1 Å². The molecule has 5 nitrogen and oxygen atoms in total. The van der Waals surface area contributed by atoms with Gasteiger partial charge in [0.15, 0.2) is 0 Å². The summed E-state index contributed by atoms with van der Waals surface area (Å²) >= 11 is 0. The second-order valence-corrected chi connectivity index (χ2v) is 7.94. The van der Waals surface area contributed by atoms with E-state index in [0.717, 1.165) is 50.1 Å². The van der Waals surface area contributed by atoms with E-state index >= 15 is 0 Å².